The van der Waals surface area contributed by atoms with Gasteiger partial charge < -0.3 is 5.73 Å². The van der Waals surface area contributed by atoms with Crippen LogP contribution in [0.1, 0.15) is 45.0 Å². The Balaban J connectivity index is 2.58. The smallest absolute Gasteiger partial charge is 0.0596 e. The Labute approximate surface area is 99.0 Å². The molecule has 0 saturated heterocycles. The van der Waals surface area contributed by atoms with E-state index in [1.165, 1.54) is 12.1 Å². The van der Waals surface area contributed by atoms with E-state index in [1.54, 1.807) is 0 Å². The molecule has 1 rings (SSSR count). The number of aromatic nitrogens is 2. The first-order chi connectivity index (χ1) is 7.56. The SMILES string of the molecule is CCC(C)CC(N)Cc1cc(C)nn1CC. The minimum atomic E-state index is 0.261. The summed E-state index contributed by atoms with van der Waals surface area (Å²) in [6, 6.07) is 2.41. The average molecular weight is 223 g/mol. The standard InChI is InChI=1S/C13H25N3/c1-5-10(3)7-12(14)9-13-8-11(4)15-16(13)6-2/h8,10,12H,5-7,9,14H2,1-4H3. The summed E-state index contributed by atoms with van der Waals surface area (Å²) in [5, 5.41) is 4.44. The quantitative estimate of drug-likeness (QED) is 0.805. The summed E-state index contributed by atoms with van der Waals surface area (Å²) in [6.45, 7) is 9.57. The molecule has 0 aliphatic heterocycles. The molecule has 3 nitrogen and oxygen atoms in total. The third-order valence-corrected chi connectivity index (χ3v) is 3.16. The van der Waals surface area contributed by atoms with Crippen LogP contribution in [0.3, 0.4) is 0 Å². The Morgan fingerprint density at radius 2 is 2.12 bits per heavy atom. The monoisotopic (exact) mass is 223 g/mol. The zero-order valence-electron chi connectivity index (χ0n) is 11.0. The highest BCUT2D eigenvalue weighted by molar-refractivity contribution is 5.10. The first-order valence-electron chi connectivity index (χ1n) is 6.35. The van der Waals surface area contributed by atoms with Gasteiger partial charge in [0.2, 0.25) is 0 Å². The van der Waals surface area contributed by atoms with E-state index in [0.717, 1.165) is 25.1 Å². The highest BCUT2D eigenvalue weighted by Gasteiger charge is 2.12. The molecule has 0 amide bonds. The molecular formula is C13H25N3. The molecule has 0 aliphatic rings. The summed E-state index contributed by atoms with van der Waals surface area (Å²) in [5.74, 6) is 0.717. The minimum absolute atomic E-state index is 0.261. The summed E-state index contributed by atoms with van der Waals surface area (Å²) in [6.07, 6.45) is 3.25. The number of hydrogen-bond acceptors (Lipinski definition) is 2. The minimum Gasteiger partial charge on any atom is -0.327 e. The number of nitrogens with two attached hydrogens (primary N) is 1. The summed E-state index contributed by atoms with van der Waals surface area (Å²) in [4.78, 5) is 0. The molecule has 0 fully saturated rings. The van der Waals surface area contributed by atoms with Crippen molar-refractivity contribution in [1.29, 1.82) is 0 Å². The summed E-state index contributed by atoms with van der Waals surface area (Å²) in [5.41, 5.74) is 8.54. The topological polar surface area (TPSA) is 43.8 Å². The Morgan fingerprint density at radius 1 is 1.44 bits per heavy atom. The number of rotatable bonds is 6. The van der Waals surface area contributed by atoms with E-state index in [1.807, 2.05) is 6.92 Å². The van der Waals surface area contributed by atoms with Crippen LogP contribution >= 0.6 is 0 Å². The molecule has 92 valence electrons. The number of nitrogens with zero attached hydrogens (tertiary/aromatic N) is 2. The summed E-state index contributed by atoms with van der Waals surface area (Å²) in [7, 11) is 0. The third kappa shape index (κ3) is 3.63. The molecule has 0 aromatic carbocycles. The van der Waals surface area contributed by atoms with Crippen LogP contribution in [0.4, 0.5) is 0 Å². The van der Waals surface area contributed by atoms with Crippen molar-refractivity contribution in [3.63, 3.8) is 0 Å². The molecule has 1 aromatic heterocycles. The van der Waals surface area contributed by atoms with Gasteiger partial charge in [0.1, 0.15) is 0 Å². The van der Waals surface area contributed by atoms with Crippen LogP contribution in [0.15, 0.2) is 6.07 Å². The normalized spacial score (nSPS) is 15.1. The van der Waals surface area contributed by atoms with Crippen molar-refractivity contribution in [3.8, 4) is 0 Å². The van der Waals surface area contributed by atoms with Crippen LogP contribution in [0.2, 0.25) is 0 Å². The second-order valence-corrected chi connectivity index (χ2v) is 4.81. The Bertz CT molecular complexity index is 317. The largest absolute Gasteiger partial charge is 0.327 e. The van der Waals surface area contributed by atoms with Crippen molar-refractivity contribution < 1.29 is 0 Å². The van der Waals surface area contributed by atoms with Gasteiger partial charge in [-0.25, -0.2) is 0 Å². The highest BCUT2D eigenvalue weighted by Crippen LogP contribution is 2.13. The van der Waals surface area contributed by atoms with Crippen LogP contribution in [-0.2, 0) is 13.0 Å². The van der Waals surface area contributed by atoms with Crippen molar-refractivity contribution in [3.05, 3.63) is 17.5 Å². The number of aryl methyl sites for hydroxylation is 2. The molecule has 0 radical (unpaired) electrons. The maximum atomic E-state index is 6.17. The molecule has 3 heteroatoms. The summed E-state index contributed by atoms with van der Waals surface area (Å²) < 4.78 is 2.06. The number of hydrogen-bond donors (Lipinski definition) is 1. The van der Waals surface area contributed by atoms with Crippen molar-refractivity contribution in [2.75, 3.05) is 0 Å². The Hall–Kier alpha value is -0.830. The molecule has 2 atom stereocenters. The van der Waals surface area contributed by atoms with Crippen LogP contribution in [0, 0.1) is 12.8 Å². The predicted molar refractivity (Wildman–Crippen MR) is 68.4 cm³/mol. The van der Waals surface area contributed by atoms with E-state index in [4.69, 9.17) is 5.73 Å². The van der Waals surface area contributed by atoms with Crippen molar-refractivity contribution >= 4 is 0 Å². The second kappa shape index (κ2) is 6.04. The molecule has 0 spiro atoms. The van der Waals surface area contributed by atoms with Crippen molar-refractivity contribution in [1.82, 2.24) is 9.78 Å². The van der Waals surface area contributed by atoms with E-state index in [9.17, 15) is 0 Å². The molecule has 0 aliphatic carbocycles. The first kappa shape index (κ1) is 13.2. The van der Waals surface area contributed by atoms with Gasteiger partial charge in [0.05, 0.1) is 5.69 Å². The maximum Gasteiger partial charge on any atom is 0.0596 e. The molecule has 2 N–H and O–H groups in total. The second-order valence-electron chi connectivity index (χ2n) is 4.81. The Morgan fingerprint density at radius 3 is 2.69 bits per heavy atom. The van der Waals surface area contributed by atoms with Crippen LogP contribution in [-0.4, -0.2) is 15.8 Å². The van der Waals surface area contributed by atoms with Gasteiger partial charge in [-0.2, -0.15) is 5.10 Å². The third-order valence-electron chi connectivity index (χ3n) is 3.16. The lowest BCUT2D eigenvalue weighted by Crippen LogP contribution is -2.26. The average Bonchev–Trinajstić information content (AvgIpc) is 2.58. The van der Waals surface area contributed by atoms with E-state index < -0.39 is 0 Å². The van der Waals surface area contributed by atoms with Gasteiger partial charge in [0.25, 0.3) is 0 Å². The first-order valence-corrected chi connectivity index (χ1v) is 6.35. The molecule has 1 heterocycles. The fraction of sp³-hybridized carbons (Fsp3) is 0.769. The molecule has 2 unspecified atom stereocenters. The van der Waals surface area contributed by atoms with Crippen molar-refractivity contribution in [2.45, 2.75) is 59.5 Å². The zero-order valence-corrected chi connectivity index (χ0v) is 11.0. The van der Waals surface area contributed by atoms with Crippen molar-refractivity contribution in [2.24, 2.45) is 11.7 Å². The summed E-state index contributed by atoms with van der Waals surface area (Å²) >= 11 is 0. The van der Waals surface area contributed by atoms with Gasteiger partial charge >= 0.3 is 0 Å². The lowest BCUT2D eigenvalue weighted by molar-refractivity contribution is 0.441. The van der Waals surface area contributed by atoms with E-state index >= 15 is 0 Å². The van der Waals surface area contributed by atoms with Gasteiger partial charge in [-0.05, 0) is 32.3 Å². The fourth-order valence-corrected chi connectivity index (χ4v) is 2.07. The predicted octanol–water partition coefficient (Wildman–Crippen LogP) is 2.52. The maximum absolute atomic E-state index is 6.17. The molecular weight excluding hydrogens is 198 g/mol. The van der Waals surface area contributed by atoms with E-state index in [0.29, 0.717) is 5.92 Å². The van der Waals surface area contributed by atoms with Gasteiger partial charge in [-0.15, -0.1) is 0 Å². The molecule has 1 aromatic rings. The molecule has 0 saturated carbocycles. The van der Waals surface area contributed by atoms with E-state index in [2.05, 4.69) is 36.6 Å². The lowest BCUT2D eigenvalue weighted by Gasteiger charge is -2.16. The van der Waals surface area contributed by atoms with Gasteiger partial charge in [-0.1, -0.05) is 20.3 Å². The van der Waals surface area contributed by atoms with Crippen LogP contribution in [0.25, 0.3) is 0 Å². The Kier molecular flexibility index (Phi) is 5.00. The van der Waals surface area contributed by atoms with Gasteiger partial charge in [0, 0.05) is 24.7 Å². The van der Waals surface area contributed by atoms with Crippen LogP contribution < -0.4 is 5.73 Å². The molecule has 16 heavy (non-hydrogen) atoms. The fourth-order valence-electron chi connectivity index (χ4n) is 2.07. The highest BCUT2D eigenvalue weighted by atomic mass is 15.3. The van der Waals surface area contributed by atoms with Gasteiger partial charge in [0.15, 0.2) is 0 Å². The lowest BCUT2D eigenvalue weighted by atomic mass is 9.97. The van der Waals surface area contributed by atoms with Crippen LogP contribution in [0.5, 0.6) is 0 Å². The van der Waals surface area contributed by atoms with Gasteiger partial charge in [-0.3, -0.25) is 4.68 Å². The zero-order chi connectivity index (χ0) is 12.1. The molecule has 0 bridgehead atoms. The van der Waals surface area contributed by atoms with E-state index in [-0.39, 0.29) is 6.04 Å².